The number of fused-ring (bicyclic) bond motifs is 1. The van der Waals surface area contributed by atoms with E-state index in [9.17, 15) is 0 Å². The molecule has 94 valence electrons. The van der Waals surface area contributed by atoms with Gasteiger partial charge in [0.2, 0.25) is 0 Å². The lowest BCUT2D eigenvalue weighted by atomic mass is 10.0. The van der Waals surface area contributed by atoms with Crippen molar-refractivity contribution in [3.8, 4) is 0 Å². The molecule has 0 unspecified atom stereocenters. The first-order valence-electron chi connectivity index (χ1n) is 6.21. The smallest absolute Gasteiger partial charge is 0.154 e. The number of hydrogen-bond acceptors (Lipinski definition) is 3. The summed E-state index contributed by atoms with van der Waals surface area (Å²) in [7, 11) is 0. The molecule has 2 aromatic rings. The average Bonchev–Trinajstić information content (AvgIpc) is 2.96. The van der Waals surface area contributed by atoms with Crippen molar-refractivity contribution in [2.45, 2.75) is 25.3 Å². The fourth-order valence-corrected chi connectivity index (χ4v) is 2.76. The summed E-state index contributed by atoms with van der Waals surface area (Å²) in [6.07, 6.45) is 6.44. The van der Waals surface area contributed by atoms with Crippen molar-refractivity contribution in [3.05, 3.63) is 30.5 Å². The lowest BCUT2D eigenvalue weighted by Gasteiger charge is -2.17. The number of nitrogens with two attached hydrogens (primary N) is 1. The van der Waals surface area contributed by atoms with Gasteiger partial charge in [-0.3, -0.25) is 9.98 Å². The van der Waals surface area contributed by atoms with E-state index in [1.165, 1.54) is 0 Å². The predicted molar refractivity (Wildman–Crippen MR) is 70.6 cm³/mol. The van der Waals surface area contributed by atoms with Gasteiger partial charge in [-0.25, -0.2) is 4.98 Å². The van der Waals surface area contributed by atoms with Gasteiger partial charge in [-0.05, 0) is 25.3 Å². The van der Waals surface area contributed by atoms with Gasteiger partial charge in [-0.2, -0.15) is 0 Å². The van der Waals surface area contributed by atoms with Crippen LogP contribution < -0.4 is 11.2 Å². The molecule has 1 saturated carbocycles. The van der Waals surface area contributed by atoms with Crippen molar-refractivity contribution in [2.24, 2.45) is 11.7 Å². The van der Waals surface area contributed by atoms with E-state index >= 15 is 0 Å². The van der Waals surface area contributed by atoms with E-state index in [4.69, 9.17) is 11.1 Å². The third-order valence-electron chi connectivity index (χ3n) is 3.73. The molecule has 1 aliphatic carbocycles. The largest absolute Gasteiger partial charge is 0.345 e. The van der Waals surface area contributed by atoms with E-state index in [1.54, 1.807) is 6.20 Å². The van der Waals surface area contributed by atoms with Gasteiger partial charge < -0.3 is 10.7 Å². The second-order valence-electron chi connectivity index (χ2n) is 4.95. The molecule has 0 amide bonds. The molecule has 1 fully saturated rings. The maximum absolute atomic E-state index is 8.03. The van der Waals surface area contributed by atoms with Crippen LogP contribution in [0.2, 0.25) is 0 Å². The summed E-state index contributed by atoms with van der Waals surface area (Å²) in [5.41, 5.74) is 8.98. The Labute approximate surface area is 105 Å². The van der Waals surface area contributed by atoms with Gasteiger partial charge in [0, 0.05) is 23.9 Å². The molecule has 0 bridgehead atoms. The van der Waals surface area contributed by atoms with Gasteiger partial charge in [0.05, 0.1) is 11.7 Å². The summed E-state index contributed by atoms with van der Waals surface area (Å²) < 4.78 is 1.88. The number of rotatable bonds is 2. The minimum absolute atomic E-state index is 0.269. The van der Waals surface area contributed by atoms with E-state index in [-0.39, 0.29) is 6.04 Å². The SMILES string of the molecule is C=C([C@@H]1CC[C@H](N)C1)n1c(=N)cnc2[nH]ccc21. The number of nitrogens with zero attached hydrogens (tertiary/aromatic N) is 2. The van der Waals surface area contributed by atoms with E-state index in [0.29, 0.717) is 11.4 Å². The lowest BCUT2D eigenvalue weighted by Crippen LogP contribution is -2.23. The zero-order chi connectivity index (χ0) is 12.7. The van der Waals surface area contributed by atoms with Crippen LogP contribution in [0, 0.1) is 11.3 Å². The molecule has 5 nitrogen and oxygen atoms in total. The number of nitrogens with one attached hydrogen (secondary N) is 2. The summed E-state index contributed by atoms with van der Waals surface area (Å²) in [5, 5.41) is 8.03. The molecular weight excluding hydrogens is 226 g/mol. The molecule has 18 heavy (non-hydrogen) atoms. The second-order valence-corrected chi connectivity index (χ2v) is 4.95. The molecule has 2 aromatic heterocycles. The Kier molecular flexibility index (Phi) is 2.56. The van der Waals surface area contributed by atoms with E-state index in [2.05, 4.69) is 16.5 Å². The van der Waals surface area contributed by atoms with Crippen molar-refractivity contribution >= 4 is 16.9 Å². The quantitative estimate of drug-likeness (QED) is 0.745. The fourth-order valence-electron chi connectivity index (χ4n) is 2.76. The predicted octanol–water partition coefficient (Wildman–Crippen LogP) is 1.44. The van der Waals surface area contributed by atoms with Crippen LogP contribution in [0.4, 0.5) is 0 Å². The molecule has 0 saturated heterocycles. The number of H-pyrrole nitrogens is 1. The molecular formula is C13H17N5. The van der Waals surface area contributed by atoms with Crippen LogP contribution in [0.1, 0.15) is 19.3 Å². The molecule has 2 heterocycles. The number of aromatic nitrogens is 3. The Morgan fingerprint density at radius 3 is 3.11 bits per heavy atom. The number of allylic oxidation sites excluding steroid dienone is 1. The topological polar surface area (TPSA) is 83.5 Å². The van der Waals surface area contributed by atoms with E-state index in [1.807, 2.05) is 16.8 Å². The highest BCUT2D eigenvalue weighted by Crippen LogP contribution is 2.32. The molecule has 5 heteroatoms. The Bertz CT molecular complexity index is 651. The standard InChI is InChI=1S/C13H17N5/c1-8(9-2-3-10(14)6-9)18-11-4-5-16-13(11)17-7-12(18)15/h4-5,7,9-10,15-16H,1-3,6,14H2/t9-,10+/m1/s1. The van der Waals surface area contributed by atoms with Crippen LogP contribution in [0.15, 0.2) is 25.0 Å². The first kappa shape index (κ1) is 11.2. The first-order chi connectivity index (χ1) is 8.66. The van der Waals surface area contributed by atoms with Crippen LogP contribution in [0.3, 0.4) is 0 Å². The van der Waals surface area contributed by atoms with Crippen molar-refractivity contribution < 1.29 is 0 Å². The van der Waals surface area contributed by atoms with Gasteiger partial charge in [-0.15, -0.1) is 0 Å². The zero-order valence-corrected chi connectivity index (χ0v) is 10.2. The van der Waals surface area contributed by atoms with E-state index in [0.717, 1.165) is 36.1 Å². The number of hydrogen-bond donors (Lipinski definition) is 3. The van der Waals surface area contributed by atoms with Crippen molar-refractivity contribution in [1.29, 1.82) is 5.41 Å². The Morgan fingerprint density at radius 1 is 1.56 bits per heavy atom. The summed E-state index contributed by atoms with van der Waals surface area (Å²) in [5.74, 6) is 0.370. The van der Waals surface area contributed by atoms with Crippen LogP contribution in [-0.4, -0.2) is 20.6 Å². The second kappa shape index (κ2) is 4.10. The highest BCUT2D eigenvalue weighted by atomic mass is 15.1. The molecule has 0 aromatic carbocycles. The van der Waals surface area contributed by atoms with Crippen molar-refractivity contribution in [2.75, 3.05) is 0 Å². The summed E-state index contributed by atoms with van der Waals surface area (Å²) >= 11 is 0. The van der Waals surface area contributed by atoms with Gasteiger partial charge in [0.1, 0.15) is 5.49 Å². The molecule has 0 aliphatic heterocycles. The highest BCUT2D eigenvalue weighted by Gasteiger charge is 2.25. The Morgan fingerprint density at radius 2 is 2.39 bits per heavy atom. The van der Waals surface area contributed by atoms with Crippen LogP contribution in [0.5, 0.6) is 0 Å². The Hall–Kier alpha value is -1.88. The fraction of sp³-hybridized carbons (Fsp3) is 0.385. The average molecular weight is 243 g/mol. The minimum Gasteiger partial charge on any atom is -0.345 e. The van der Waals surface area contributed by atoms with Crippen LogP contribution >= 0.6 is 0 Å². The summed E-state index contributed by atoms with van der Waals surface area (Å²) in [4.78, 5) is 7.26. The summed E-state index contributed by atoms with van der Waals surface area (Å²) in [6.45, 7) is 4.18. The van der Waals surface area contributed by atoms with Crippen molar-refractivity contribution in [3.63, 3.8) is 0 Å². The Balaban J connectivity index is 2.08. The zero-order valence-electron chi connectivity index (χ0n) is 10.2. The molecule has 4 N–H and O–H groups in total. The van der Waals surface area contributed by atoms with E-state index < -0.39 is 0 Å². The van der Waals surface area contributed by atoms with Gasteiger partial charge in [-0.1, -0.05) is 6.58 Å². The molecule has 3 rings (SSSR count). The van der Waals surface area contributed by atoms with Gasteiger partial charge in [0.15, 0.2) is 5.65 Å². The number of aromatic amines is 1. The minimum atomic E-state index is 0.269. The monoisotopic (exact) mass is 243 g/mol. The first-order valence-corrected chi connectivity index (χ1v) is 6.21. The van der Waals surface area contributed by atoms with Gasteiger partial charge >= 0.3 is 0 Å². The molecule has 0 spiro atoms. The normalized spacial score (nSPS) is 23.6. The maximum Gasteiger partial charge on any atom is 0.154 e. The maximum atomic E-state index is 8.03. The third-order valence-corrected chi connectivity index (χ3v) is 3.73. The van der Waals surface area contributed by atoms with Crippen LogP contribution in [0.25, 0.3) is 16.9 Å². The van der Waals surface area contributed by atoms with Gasteiger partial charge in [0.25, 0.3) is 0 Å². The lowest BCUT2D eigenvalue weighted by molar-refractivity contribution is 0.641. The van der Waals surface area contributed by atoms with Crippen molar-refractivity contribution in [1.82, 2.24) is 14.5 Å². The summed E-state index contributed by atoms with van der Waals surface area (Å²) in [6, 6.07) is 2.20. The molecule has 0 radical (unpaired) electrons. The molecule has 2 atom stereocenters. The highest BCUT2D eigenvalue weighted by molar-refractivity contribution is 5.75. The van der Waals surface area contributed by atoms with Crippen LogP contribution in [-0.2, 0) is 0 Å². The third kappa shape index (κ3) is 1.67. The molecule has 1 aliphatic rings.